The maximum atomic E-state index is 12.5. The third-order valence-corrected chi connectivity index (χ3v) is 3.96. The van der Waals surface area contributed by atoms with Crippen LogP contribution in [0.25, 0.3) is 0 Å². The van der Waals surface area contributed by atoms with Crippen LogP contribution in [-0.2, 0) is 0 Å². The maximum Gasteiger partial charge on any atom is 0.251 e. The summed E-state index contributed by atoms with van der Waals surface area (Å²) in [5, 5.41) is 3.69. The van der Waals surface area contributed by atoms with E-state index in [4.69, 9.17) is 21.1 Å². The van der Waals surface area contributed by atoms with Gasteiger partial charge in [-0.25, -0.2) is 0 Å². The first-order valence-corrected chi connectivity index (χ1v) is 8.01. The number of benzene rings is 2. The van der Waals surface area contributed by atoms with Gasteiger partial charge in [0.1, 0.15) is 11.5 Å². The lowest BCUT2D eigenvalue weighted by atomic mass is 10.00. The summed E-state index contributed by atoms with van der Waals surface area (Å²) in [6, 6.07) is 12.5. The number of fused-ring (bicyclic) bond motifs is 1. The fourth-order valence-electron chi connectivity index (χ4n) is 2.65. The first kappa shape index (κ1) is 15.7. The third kappa shape index (κ3) is 3.59. The number of carbonyl (C=O) groups excluding carboxylic acids is 1. The second kappa shape index (κ2) is 6.92. The van der Waals surface area contributed by atoms with Gasteiger partial charge >= 0.3 is 0 Å². The average Bonchev–Trinajstić information content (AvgIpc) is 2.56. The summed E-state index contributed by atoms with van der Waals surface area (Å²) < 4.78 is 11.1. The molecule has 0 saturated carbocycles. The number of halogens is 1. The van der Waals surface area contributed by atoms with E-state index in [1.807, 2.05) is 31.2 Å². The number of carbonyl (C=O) groups is 1. The highest BCUT2D eigenvalue weighted by Crippen LogP contribution is 2.34. The number of amides is 1. The lowest BCUT2D eigenvalue weighted by molar-refractivity contribution is 0.0924. The van der Waals surface area contributed by atoms with Crippen LogP contribution in [0.15, 0.2) is 42.5 Å². The van der Waals surface area contributed by atoms with E-state index in [-0.39, 0.29) is 11.9 Å². The SMILES string of the molecule is CCOc1cccc(C(=O)NC2CCOc3ccc(Cl)cc32)c1. The predicted molar refractivity (Wildman–Crippen MR) is 89.4 cm³/mol. The minimum absolute atomic E-state index is 0.110. The molecule has 4 nitrogen and oxygen atoms in total. The van der Waals surface area contributed by atoms with Crippen molar-refractivity contribution in [3.05, 3.63) is 58.6 Å². The minimum Gasteiger partial charge on any atom is -0.494 e. The maximum absolute atomic E-state index is 12.5. The summed E-state index contributed by atoms with van der Waals surface area (Å²) in [5.41, 5.74) is 1.49. The van der Waals surface area contributed by atoms with E-state index in [1.165, 1.54) is 0 Å². The Morgan fingerprint density at radius 3 is 3.04 bits per heavy atom. The van der Waals surface area contributed by atoms with Crippen molar-refractivity contribution in [1.29, 1.82) is 0 Å². The summed E-state index contributed by atoms with van der Waals surface area (Å²) in [4.78, 5) is 12.5. The second-order valence-corrected chi connectivity index (χ2v) is 5.74. The molecular weight excluding hydrogens is 314 g/mol. The molecule has 1 N–H and O–H groups in total. The lowest BCUT2D eigenvalue weighted by Crippen LogP contribution is -2.32. The van der Waals surface area contributed by atoms with E-state index in [1.54, 1.807) is 18.2 Å². The largest absolute Gasteiger partial charge is 0.494 e. The smallest absolute Gasteiger partial charge is 0.251 e. The zero-order valence-electron chi connectivity index (χ0n) is 12.8. The van der Waals surface area contributed by atoms with Gasteiger partial charge in [0.2, 0.25) is 0 Å². The Morgan fingerprint density at radius 1 is 1.35 bits per heavy atom. The van der Waals surface area contributed by atoms with Gasteiger partial charge < -0.3 is 14.8 Å². The zero-order chi connectivity index (χ0) is 16.2. The van der Waals surface area contributed by atoms with Gasteiger partial charge in [-0.1, -0.05) is 17.7 Å². The molecule has 1 amide bonds. The van der Waals surface area contributed by atoms with E-state index in [0.717, 1.165) is 11.3 Å². The standard InChI is InChI=1S/C18H18ClNO3/c1-2-22-14-5-3-4-12(10-14)18(21)20-16-8-9-23-17-7-6-13(19)11-15(16)17/h3-7,10-11,16H,2,8-9H2,1H3,(H,20,21). The number of hydrogen-bond donors (Lipinski definition) is 1. The van der Waals surface area contributed by atoms with Gasteiger partial charge in [-0.15, -0.1) is 0 Å². The van der Waals surface area contributed by atoms with Crippen LogP contribution in [0.2, 0.25) is 5.02 Å². The molecule has 0 bridgehead atoms. The van der Waals surface area contributed by atoms with E-state index in [2.05, 4.69) is 5.32 Å². The van der Waals surface area contributed by atoms with Crippen LogP contribution < -0.4 is 14.8 Å². The molecule has 1 atom stereocenters. The van der Waals surface area contributed by atoms with E-state index in [9.17, 15) is 4.79 Å². The molecule has 0 fully saturated rings. The van der Waals surface area contributed by atoms with E-state index >= 15 is 0 Å². The molecule has 0 saturated heterocycles. The van der Waals surface area contributed by atoms with Crippen molar-refractivity contribution in [2.75, 3.05) is 13.2 Å². The van der Waals surface area contributed by atoms with Crippen molar-refractivity contribution in [2.45, 2.75) is 19.4 Å². The fraction of sp³-hybridized carbons (Fsp3) is 0.278. The van der Waals surface area contributed by atoms with Crippen molar-refractivity contribution < 1.29 is 14.3 Å². The molecule has 120 valence electrons. The molecule has 0 radical (unpaired) electrons. The van der Waals surface area contributed by atoms with Crippen molar-refractivity contribution in [2.24, 2.45) is 0 Å². The number of nitrogens with one attached hydrogen (secondary N) is 1. The third-order valence-electron chi connectivity index (χ3n) is 3.72. The second-order valence-electron chi connectivity index (χ2n) is 5.31. The molecule has 23 heavy (non-hydrogen) atoms. The normalized spacial score (nSPS) is 16.2. The number of ether oxygens (including phenoxy) is 2. The Balaban J connectivity index is 1.79. The van der Waals surface area contributed by atoms with Crippen molar-refractivity contribution >= 4 is 17.5 Å². The number of hydrogen-bond acceptors (Lipinski definition) is 3. The molecule has 2 aromatic carbocycles. The number of rotatable bonds is 4. The highest BCUT2D eigenvalue weighted by atomic mass is 35.5. The summed E-state index contributed by atoms with van der Waals surface area (Å²) >= 11 is 6.07. The van der Waals surface area contributed by atoms with E-state index in [0.29, 0.717) is 36.0 Å². The Bertz CT molecular complexity index is 717. The van der Waals surface area contributed by atoms with Gasteiger partial charge in [0, 0.05) is 22.6 Å². The molecule has 5 heteroatoms. The monoisotopic (exact) mass is 331 g/mol. The summed E-state index contributed by atoms with van der Waals surface area (Å²) in [7, 11) is 0. The zero-order valence-corrected chi connectivity index (χ0v) is 13.6. The Kier molecular flexibility index (Phi) is 4.72. The molecule has 0 aliphatic carbocycles. The summed E-state index contributed by atoms with van der Waals surface area (Å²) in [6.45, 7) is 3.05. The Hall–Kier alpha value is -2.20. The molecule has 2 aromatic rings. The van der Waals surface area contributed by atoms with E-state index < -0.39 is 0 Å². The molecule has 3 rings (SSSR count). The molecule has 1 heterocycles. The van der Waals surface area contributed by atoms with Crippen LogP contribution in [0, 0.1) is 0 Å². The van der Waals surface area contributed by atoms with Crippen LogP contribution in [-0.4, -0.2) is 19.1 Å². The minimum atomic E-state index is -0.135. The molecule has 1 aliphatic heterocycles. The highest BCUT2D eigenvalue weighted by Gasteiger charge is 2.23. The summed E-state index contributed by atoms with van der Waals surface area (Å²) in [6.07, 6.45) is 0.713. The van der Waals surface area contributed by atoms with Gasteiger partial charge in [-0.05, 0) is 43.3 Å². The van der Waals surface area contributed by atoms with Crippen LogP contribution in [0.1, 0.15) is 35.3 Å². The molecule has 1 unspecified atom stereocenters. The van der Waals surface area contributed by atoms with Gasteiger partial charge in [0.25, 0.3) is 5.91 Å². The van der Waals surface area contributed by atoms with Crippen LogP contribution >= 0.6 is 11.6 Å². The lowest BCUT2D eigenvalue weighted by Gasteiger charge is -2.27. The fourth-order valence-corrected chi connectivity index (χ4v) is 2.83. The van der Waals surface area contributed by atoms with Crippen LogP contribution in [0.5, 0.6) is 11.5 Å². The molecule has 1 aliphatic rings. The molecular formula is C18H18ClNO3. The first-order chi connectivity index (χ1) is 11.2. The van der Waals surface area contributed by atoms with Gasteiger partial charge in [-0.2, -0.15) is 0 Å². The van der Waals surface area contributed by atoms with Crippen molar-refractivity contribution in [1.82, 2.24) is 5.32 Å². The Labute approximate surface area is 140 Å². The first-order valence-electron chi connectivity index (χ1n) is 7.63. The van der Waals surface area contributed by atoms with Gasteiger partial charge in [0.15, 0.2) is 0 Å². The van der Waals surface area contributed by atoms with Crippen molar-refractivity contribution in [3.63, 3.8) is 0 Å². The van der Waals surface area contributed by atoms with Crippen LogP contribution in [0.3, 0.4) is 0 Å². The van der Waals surface area contributed by atoms with Gasteiger partial charge in [0.05, 0.1) is 19.3 Å². The highest BCUT2D eigenvalue weighted by molar-refractivity contribution is 6.30. The Morgan fingerprint density at radius 2 is 2.22 bits per heavy atom. The van der Waals surface area contributed by atoms with Crippen molar-refractivity contribution in [3.8, 4) is 11.5 Å². The quantitative estimate of drug-likeness (QED) is 0.921. The average molecular weight is 332 g/mol. The van der Waals surface area contributed by atoms with Gasteiger partial charge in [-0.3, -0.25) is 4.79 Å². The molecule has 0 aromatic heterocycles. The topological polar surface area (TPSA) is 47.6 Å². The van der Waals surface area contributed by atoms with Crippen LogP contribution in [0.4, 0.5) is 0 Å². The molecule has 0 spiro atoms. The summed E-state index contributed by atoms with van der Waals surface area (Å²) in [5.74, 6) is 1.33. The predicted octanol–water partition coefficient (Wildman–Crippen LogP) is 3.99.